The summed E-state index contributed by atoms with van der Waals surface area (Å²) in [5.41, 5.74) is 8.86. The van der Waals surface area contributed by atoms with Gasteiger partial charge in [-0.1, -0.05) is 6.42 Å². The van der Waals surface area contributed by atoms with Gasteiger partial charge in [-0.25, -0.2) is 0 Å². The molecule has 17 heavy (non-hydrogen) atoms. The molecule has 0 aromatic carbocycles. The highest BCUT2D eigenvalue weighted by Gasteiger charge is 2.17. The molecule has 3 heteroatoms. The molecule has 0 saturated heterocycles. The molecule has 0 aliphatic heterocycles. The summed E-state index contributed by atoms with van der Waals surface area (Å²) < 4.78 is 5.10. The van der Waals surface area contributed by atoms with E-state index in [2.05, 4.69) is 6.07 Å². The van der Waals surface area contributed by atoms with Crippen molar-refractivity contribution in [1.29, 1.82) is 0 Å². The summed E-state index contributed by atoms with van der Waals surface area (Å²) >= 11 is 1.89. The van der Waals surface area contributed by atoms with E-state index < -0.39 is 0 Å². The Morgan fingerprint density at radius 2 is 2.12 bits per heavy atom. The number of aryl methyl sites for hydroxylation is 2. The lowest BCUT2D eigenvalue weighted by Gasteiger charge is -2.05. The molecule has 2 nitrogen and oxygen atoms in total. The van der Waals surface area contributed by atoms with Crippen molar-refractivity contribution in [3.63, 3.8) is 0 Å². The molecule has 0 fully saturated rings. The van der Waals surface area contributed by atoms with Crippen LogP contribution < -0.4 is 5.73 Å². The van der Waals surface area contributed by atoms with Crippen LogP contribution in [0, 0.1) is 0 Å². The topological polar surface area (TPSA) is 39.2 Å². The molecule has 1 atom stereocenters. The molecule has 1 aliphatic rings. The maximum absolute atomic E-state index is 6.26. The lowest BCUT2D eigenvalue weighted by Crippen LogP contribution is -2.08. The SMILES string of the molecule is NC(c1ccoc1)c1cc2c(s1)CCCCC2. The maximum Gasteiger partial charge on any atom is 0.0954 e. The molecular formula is C14H17NOS. The molecule has 0 saturated carbocycles. The van der Waals surface area contributed by atoms with Crippen molar-refractivity contribution in [2.45, 2.75) is 38.1 Å². The quantitative estimate of drug-likeness (QED) is 0.823. The first-order valence-corrected chi connectivity index (χ1v) is 7.05. The Morgan fingerprint density at radius 1 is 1.24 bits per heavy atom. The first-order chi connectivity index (χ1) is 8.34. The van der Waals surface area contributed by atoms with Crippen LogP contribution in [-0.2, 0) is 12.8 Å². The third-order valence-corrected chi connectivity index (χ3v) is 4.79. The number of hydrogen-bond acceptors (Lipinski definition) is 3. The van der Waals surface area contributed by atoms with Crippen LogP contribution in [0.5, 0.6) is 0 Å². The third kappa shape index (κ3) is 2.17. The predicted octanol–water partition coefficient (Wildman–Crippen LogP) is 3.66. The summed E-state index contributed by atoms with van der Waals surface area (Å²) in [5.74, 6) is 0. The van der Waals surface area contributed by atoms with Gasteiger partial charge in [0.1, 0.15) is 0 Å². The Bertz CT molecular complexity index is 463. The van der Waals surface area contributed by atoms with E-state index in [1.165, 1.54) is 42.5 Å². The van der Waals surface area contributed by atoms with Gasteiger partial charge >= 0.3 is 0 Å². The van der Waals surface area contributed by atoms with Gasteiger partial charge in [0.05, 0.1) is 18.6 Å². The van der Waals surface area contributed by atoms with Crippen molar-refractivity contribution in [2.75, 3.05) is 0 Å². The molecule has 0 spiro atoms. The summed E-state index contributed by atoms with van der Waals surface area (Å²) in [6.45, 7) is 0. The van der Waals surface area contributed by atoms with Crippen molar-refractivity contribution >= 4 is 11.3 Å². The van der Waals surface area contributed by atoms with E-state index in [9.17, 15) is 0 Å². The van der Waals surface area contributed by atoms with Gasteiger partial charge in [0.25, 0.3) is 0 Å². The summed E-state index contributed by atoms with van der Waals surface area (Å²) in [6.07, 6.45) is 9.91. The van der Waals surface area contributed by atoms with E-state index in [1.54, 1.807) is 17.4 Å². The first kappa shape index (κ1) is 11.1. The number of furan rings is 1. The molecule has 0 radical (unpaired) electrons. The molecule has 1 unspecified atom stereocenters. The first-order valence-electron chi connectivity index (χ1n) is 6.24. The molecule has 90 valence electrons. The Balaban J connectivity index is 1.89. The van der Waals surface area contributed by atoms with E-state index >= 15 is 0 Å². The highest BCUT2D eigenvalue weighted by Crippen LogP contribution is 2.33. The number of rotatable bonds is 2. The second-order valence-corrected chi connectivity index (χ2v) is 5.86. The van der Waals surface area contributed by atoms with Crippen LogP contribution >= 0.6 is 11.3 Å². The molecule has 0 amide bonds. The average molecular weight is 247 g/mol. The van der Waals surface area contributed by atoms with Gasteiger partial charge in [-0.2, -0.15) is 0 Å². The highest BCUT2D eigenvalue weighted by atomic mass is 32.1. The summed E-state index contributed by atoms with van der Waals surface area (Å²) in [7, 11) is 0. The van der Waals surface area contributed by atoms with Gasteiger partial charge in [-0.15, -0.1) is 11.3 Å². The maximum atomic E-state index is 6.26. The lowest BCUT2D eigenvalue weighted by atomic mass is 10.1. The summed E-state index contributed by atoms with van der Waals surface area (Å²) in [6, 6.07) is 4.24. The molecule has 2 N–H and O–H groups in total. The van der Waals surface area contributed by atoms with Gasteiger partial charge < -0.3 is 10.2 Å². The van der Waals surface area contributed by atoms with Gasteiger partial charge in [-0.3, -0.25) is 0 Å². The Morgan fingerprint density at radius 3 is 2.94 bits per heavy atom. The molecule has 2 heterocycles. The molecular weight excluding hydrogens is 230 g/mol. The lowest BCUT2D eigenvalue weighted by molar-refractivity contribution is 0.562. The minimum atomic E-state index is -0.0225. The van der Waals surface area contributed by atoms with Crippen LogP contribution in [0.15, 0.2) is 29.1 Å². The van der Waals surface area contributed by atoms with E-state index in [4.69, 9.17) is 10.2 Å². The standard InChI is InChI=1S/C14H17NOS/c15-14(11-6-7-16-9-11)13-8-10-4-2-1-3-5-12(10)17-13/h6-9,14H,1-5,15H2. The van der Waals surface area contributed by atoms with Gasteiger partial charge in [0.2, 0.25) is 0 Å². The smallest absolute Gasteiger partial charge is 0.0954 e. The predicted molar refractivity (Wildman–Crippen MR) is 70.3 cm³/mol. The van der Waals surface area contributed by atoms with Crippen LogP contribution in [0.25, 0.3) is 0 Å². The normalized spacial score (nSPS) is 17.5. The zero-order valence-corrected chi connectivity index (χ0v) is 10.6. The fraction of sp³-hybridized carbons (Fsp3) is 0.429. The monoisotopic (exact) mass is 247 g/mol. The van der Waals surface area contributed by atoms with Gasteiger partial charge in [-0.05, 0) is 43.4 Å². The van der Waals surface area contributed by atoms with Crippen molar-refractivity contribution in [2.24, 2.45) is 5.73 Å². The van der Waals surface area contributed by atoms with E-state index in [-0.39, 0.29) is 6.04 Å². The fourth-order valence-corrected chi connectivity index (χ4v) is 3.75. The van der Waals surface area contributed by atoms with Gasteiger partial charge in [0.15, 0.2) is 0 Å². The molecule has 2 aromatic heterocycles. The fourth-order valence-electron chi connectivity index (χ4n) is 2.46. The molecule has 1 aliphatic carbocycles. The van der Waals surface area contributed by atoms with E-state index in [1.807, 2.05) is 17.4 Å². The second-order valence-electron chi connectivity index (χ2n) is 4.69. The number of thiophene rings is 1. The van der Waals surface area contributed by atoms with E-state index in [0.717, 1.165) is 5.56 Å². The second kappa shape index (κ2) is 4.67. The molecule has 0 bridgehead atoms. The number of nitrogens with two attached hydrogens (primary N) is 1. The zero-order chi connectivity index (χ0) is 11.7. The van der Waals surface area contributed by atoms with Crippen molar-refractivity contribution in [3.05, 3.63) is 45.5 Å². The number of hydrogen-bond donors (Lipinski definition) is 1. The summed E-state index contributed by atoms with van der Waals surface area (Å²) in [5, 5.41) is 0. The largest absolute Gasteiger partial charge is 0.472 e. The summed E-state index contributed by atoms with van der Waals surface area (Å²) in [4.78, 5) is 2.83. The minimum Gasteiger partial charge on any atom is -0.472 e. The van der Waals surface area contributed by atoms with Crippen molar-refractivity contribution < 1.29 is 4.42 Å². The Hall–Kier alpha value is -1.06. The van der Waals surface area contributed by atoms with E-state index in [0.29, 0.717) is 0 Å². The van der Waals surface area contributed by atoms with Crippen LogP contribution in [0.1, 0.15) is 46.2 Å². The van der Waals surface area contributed by atoms with Gasteiger partial charge in [0, 0.05) is 15.3 Å². The van der Waals surface area contributed by atoms with Crippen LogP contribution in [0.4, 0.5) is 0 Å². The molecule has 3 rings (SSSR count). The van der Waals surface area contributed by atoms with Crippen LogP contribution in [-0.4, -0.2) is 0 Å². The van der Waals surface area contributed by atoms with Crippen LogP contribution in [0.3, 0.4) is 0 Å². The number of fused-ring (bicyclic) bond motifs is 1. The third-order valence-electron chi connectivity index (χ3n) is 3.47. The van der Waals surface area contributed by atoms with Crippen LogP contribution in [0.2, 0.25) is 0 Å². The zero-order valence-electron chi connectivity index (χ0n) is 9.82. The Kier molecular flexibility index (Phi) is 3.04. The highest BCUT2D eigenvalue weighted by molar-refractivity contribution is 7.12. The minimum absolute atomic E-state index is 0.0225. The average Bonchev–Trinajstić information content (AvgIpc) is 2.95. The Labute approximate surface area is 105 Å². The van der Waals surface area contributed by atoms with Crippen molar-refractivity contribution in [1.82, 2.24) is 0 Å². The molecule has 2 aromatic rings. The van der Waals surface area contributed by atoms with Crippen molar-refractivity contribution in [3.8, 4) is 0 Å².